The highest BCUT2D eigenvalue weighted by molar-refractivity contribution is 7.99. The van der Waals surface area contributed by atoms with Crippen molar-refractivity contribution in [1.82, 2.24) is 19.7 Å². The number of methoxy groups -OCH3 is 3. The van der Waals surface area contributed by atoms with Crippen molar-refractivity contribution in [2.75, 3.05) is 40.7 Å². The maximum Gasteiger partial charge on any atom is 0.203 e. The standard InChI is InChI=1S/C22H32N4O4S/c1-6-9-26-20(23-24-22(26)31-15-17-8-7-10-30-17)14-25(2)13-16-11-18(27-3)21(29-5)19(12-16)28-4/h6,11-12,17H,1,7-10,13-15H2,2-5H3/t17-/m1/s1. The van der Waals surface area contributed by atoms with E-state index in [1.165, 1.54) is 0 Å². The molecule has 31 heavy (non-hydrogen) atoms. The molecule has 0 aliphatic carbocycles. The molecule has 1 aliphatic rings. The van der Waals surface area contributed by atoms with Gasteiger partial charge in [0.05, 0.1) is 34.0 Å². The molecule has 3 rings (SSSR count). The summed E-state index contributed by atoms with van der Waals surface area (Å²) in [6.45, 7) is 6.77. The molecule has 1 aliphatic heterocycles. The van der Waals surface area contributed by atoms with Crippen molar-refractivity contribution < 1.29 is 18.9 Å². The fourth-order valence-electron chi connectivity index (χ4n) is 3.63. The summed E-state index contributed by atoms with van der Waals surface area (Å²) in [5.74, 6) is 3.69. The molecule has 1 fully saturated rings. The number of hydrogen-bond acceptors (Lipinski definition) is 8. The van der Waals surface area contributed by atoms with Gasteiger partial charge in [-0.2, -0.15) is 0 Å². The molecular formula is C22H32N4O4S. The Balaban J connectivity index is 1.69. The van der Waals surface area contributed by atoms with Gasteiger partial charge in [-0.25, -0.2) is 0 Å². The van der Waals surface area contributed by atoms with Gasteiger partial charge in [0.1, 0.15) is 5.82 Å². The molecule has 0 N–H and O–H groups in total. The van der Waals surface area contributed by atoms with Crippen LogP contribution in [0, 0.1) is 0 Å². The van der Waals surface area contributed by atoms with Gasteiger partial charge in [-0.3, -0.25) is 4.90 Å². The average molecular weight is 449 g/mol. The molecule has 8 nitrogen and oxygen atoms in total. The molecule has 1 aromatic carbocycles. The van der Waals surface area contributed by atoms with Gasteiger partial charge in [0.2, 0.25) is 5.75 Å². The van der Waals surface area contributed by atoms with E-state index in [2.05, 4.69) is 33.3 Å². The van der Waals surface area contributed by atoms with Crippen LogP contribution in [-0.4, -0.2) is 66.5 Å². The quantitative estimate of drug-likeness (QED) is 0.361. The summed E-state index contributed by atoms with van der Waals surface area (Å²) < 4.78 is 24.2. The highest BCUT2D eigenvalue weighted by Gasteiger charge is 2.20. The second kappa shape index (κ2) is 11.4. The minimum atomic E-state index is 0.310. The molecule has 9 heteroatoms. The Hall–Kier alpha value is -2.23. The van der Waals surface area contributed by atoms with Crippen LogP contribution in [0.1, 0.15) is 24.2 Å². The van der Waals surface area contributed by atoms with Gasteiger partial charge in [-0.05, 0) is 37.6 Å². The Bertz CT molecular complexity index is 842. The van der Waals surface area contributed by atoms with Crippen LogP contribution in [-0.2, 0) is 24.4 Å². The summed E-state index contributed by atoms with van der Waals surface area (Å²) >= 11 is 1.70. The minimum absolute atomic E-state index is 0.310. The van der Waals surface area contributed by atoms with E-state index in [4.69, 9.17) is 18.9 Å². The van der Waals surface area contributed by atoms with Crippen LogP contribution in [0.3, 0.4) is 0 Å². The lowest BCUT2D eigenvalue weighted by atomic mass is 10.1. The number of nitrogens with zero attached hydrogens (tertiary/aromatic N) is 4. The predicted molar refractivity (Wildman–Crippen MR) is 121 cm³/mol. The molecule has 1 saturated heterocycles. The van der Waals surface area contributed by atoms with Crippen molar-refractivity contribution in [2.45, 2.75) is 43.7 Å². The minimum Gasteiger partial charge on any atom is -0.493 e. The van der Waals surface area contributed by atoms with Crippen LogP contribution in [0.15, 0.2) is 29.9 Å². The number of rotatable bonds is 12. The lowest BCUT2D eigenvalue weighted by Crippen LogP contribution is -2.20. The Morgan fingerprint density at radius 3 is 2.52 bits per heavy atom. The van der Waals surface area contributed by atoms with E-state index >= 15 is 0 Å². The van der Waals surface area contributed by atoms with E-state index in [9.17, 15) is 0 Å². The lowest BCUT2D eigenvalue weighted by Gasteiger charge is -2.19. The monoisotopic (exact) mass is 448 g/mol. The zero-order valence-corrected chi connectivity index (χ0v) is 19.6. The zero-order chi connectivity index (χ0) is 22.2. The summed E-state index contributed by atoms with van der Waals surface area (Å²) in [4.78, 5) is 2.18. The van der Waals surface area contributed by atoms with Crippen LogP contribution in [0.25, 0.3) is 0 Å². The normalized spacial score (nSPS) is 16.0. The topological polar surface area (TPSA) is 70.9 Å². The molecule has 170 valence electrons. The van der Waals surface area contributed by atoms with Gasteiger partial charge in [0.15, 0.2) is 16.7 Å². The Kier molecular flexibility index (Phi) is 8.62. The van der Waals surface area contributed by atoms with E-state index in [0.717, 1.165) is 41.7 Å². The Morgan fingerprint density at radius 1 is 1.19 bits per heavy atom. The fraction of sp³-hybridized carbons (Fsp3) is 0.545. The first-order chi connectivity index (χ1) is 15.1. The van der Waals surface area contributed by atoms with E-state index in [1.807, 2.05) is 18.2 Å². The maximum atomic E-state index is 5.73. The molecule has 0 bridgehead atoms. The van der Waals surface area contributed by atoms with Crippen LogP contribution in [0.5, 0.6) is 17.2 Å². The van der Waals surface area contributed by atoms with Crippen molar-refractivity contribution >= 4 is 11.8 Å². The summed E-state index contributed by atoms with van der Waals surface area (Å²) in [5, 5.41) is 9.78. The molecule has 0 amide bonds. The lowest BCUT2D eigenvalue weighted by molar-refractivity contribution is 0.129. The Labute approximate surface area is 188 Å². The Morgan fingerprint density at radius 2 is 1.94 bits per heavy atom. The molecule has 1 atom stereocenters. The van der Waals surface area contributed by atoms with Crippen molar-refractivity contribution in [3.63, 3.8) is 0 Å². The first-order valence-corrected chi connectivity index (χ1v) is 11.3. The average Bonchev–Trinajstić information content (AvgIpc) is 3.42. The van der Waals surface area contributed by atoms with E-state index in [-0.39, 0.29) is 0 Å². The molecule has 0 radical (unpaired) electrons. The number of benzene rings is 1. The van der Waals surface area contributed by atoms with Crippen molar-refractivity contribution in [2.24, 2.45) is 0 Å². The van der Waals surface area contributed by atoms with E-state index < -0.39 is 0 Å². The van der Waals surface area contributed by atoms with Gasteiger partial charge in [0, 0.05) is 25.4 Å². The first kappa shape index (κ1) is 23.4. The van der Waals surface area contributed by atoms with Gasteiger partial charge in [-0.1, -0.05) is 17.8 Å². The molecule has 2 aromatic rings. The van der Waals surface area contributed by atoms with Gasteiger partial charge < -0.3 is 23.5 Å². The molecule has 1 aromatic heterocycles. The number of ether oxygens (including phenoxy) is 4. The highest BCUT2D eigenvalue weighted by atomic mass is 32.2. The van der Waals surface area contributed by atoms with Gasteiger partial charge >= 0.3 is 0 Å². The van der Waals surface area contributed by atoms with E-state index in [0.29, 0.717) is 43.0 Å². The number of thioether (sulfide) groups is 1. The second-order valence-corrected chi connectivity index (χ2v) is 8.44. The van der Waals surface area contributed by atoms with Gasteiger partial charge in [-0.15, -0.1) is 16.8 Å². The molecule has 0 saturated carbocycles. The van der Waals surface area contributed by atoms with Crippen molar-refractivity contribution in [3.8, 4) is 17.2 Å². The number of aromatic nitrogens is 3. The van der Waals surface area contributed by atoms with Crippen LogP contribution >= 0.6 is 11.8 Å². The summed E-state index contributed by atoms with van der Waals surface area (Å²) in [5.41, 5.74) is 1.06. The third kappa shape index (κ3) is 5.93. The summed E-state index contributed by atoms with van der Waals surface area (Å²) in [6.07, 6.45) is 4.45. The maximum absolute atomic E-state index is 5.73. The molecule has 0 spiro atoms. The number of allylic oxidation sites excluding steroid dienone is 1. The largest absolute Gasteiger partial charge is 0.493 e. The SMILES string of the molecule is C=CCn1c(CN(C)Cc2cc(OC)c(OC)c(OC)c2)nnc1SC[C@H]1CCCO1. The van der Waals surface area contributed by atoms with Crippen molar-refractivity contribution in [1.29, 1.82) is 0 Å². The summed E-state index contributed by atoms with van der Waals surface area (Å²) in [7, 11) is 6.90. The van der Waals surface area contributed by atoms with Crippen molar-refractivity contribution in [3.05, 3.63) is 36.2 Å². The third-order valence-electron chi connectivity index (χ3n) is 5.12. The predicted octanol–water partition coefficient (Wildman–Crippen LogP) is 3.39. The molecular weight excluding hydrogens is 416 g/mol. The van der Waals surface area contributed by atoms with Crippen LogP contribution < -0.4 is 14.2 Å². The fourth-order valence-corrected chi connectivity index (χ4v) is 4.67. The highest BCUT2D eigenvalue weighted by Crippen LogP contribution is 2.38. The van der Waals surface area contributed by atoms with Crippen LogP contribution in [0.2, 0.25) is 0 Å². The number of hydrogen-bond donors (Lipinski definition) is 0. The van der Waals surface area contributed by atoms with Gasteiger partial charge in [0.25, 0.3) is 0 Å². The molecule has 0 unspecified atom stereocenters. The zero-order valence-electron chi connectivity index (χ0n) is 18.8. The van der Waals surface area contributed by atoms with Crippen LogP contribution in [0.4, 0.5) is 0 Å². The third-order valence-corrected chi connectivity index (χ3v) is 6.21. The van der Waals surface area contributed by atoms with E-state index in [1.54, 1.807) is 33.1 Å². The summed E-state index contributed by atoms with van der Waals surface area (Å²) in [6, 6.07) is 3.93. The molecule has 2 heterocycles. The smallest absolute Gasteiger partial charge is 0.203 e. The second-order valence-electron chi connectivity index (χ2n) is 7.45. The first-order valence-electron chi connectivity index (χ1n) is 10.3.